The fourth-order valence-corrected chi connectivity index (χ4v) is 2.89. The van der Waals surface area contributed by atoms with Crippen LogP contribution in [0.5, 0.6) is 0 Å². The Morgan fingerprint density at radius 1 is 1.04 bits per heavy atom. The zero-order chi connectivity index (χ0) is 16.9. The molecule has 1 heterocycles. The monoisotopic (exact) mass is 323 g/mol. The number of amides is 2. The summed E-state index contributed by atoms with van der Waals surface area (Å²) in [6.07, 6.45) is 0.922. The Morgan fingerprint density at radius 2 is 1.75 bits per heavy atom. The number of Topliss-reactive ketones (excluding diaryl/α,β-unsaturated/α-hetero) is 1. The van der Waals surface area contributed by atoms with Gasteiger partial charge in [-0.25, -0.2) is 4.79 Å². The maximum Gasteiger partial charge on any atom is 0.319 e. The van der Waals surface area contributed by atoms with Gasteiger partial charge in [-0.2, -0.15) is 0 Å². The molecule has 1 unspecified atom stereocenters. The number of ketones is 1. The number of anilines is 2. The largest absolute Gasteiger partial charge is 0.369 e. The number of rotatable bonds is 4. The Labute approximate surface area is 141 Å². The molecule has 5 heteroatoms. The lowest BCUT2D eigenvalue weighted by Gasteiger charge is -2.19. The molecule has 2 N–H and O–H groups in total. The van der Waals surface area contributed by atoms with E-state index in [1.165, 1.54) is 12.6 Å². The van der Waals surface area contributed by atoms with Gasteiger partial charge in [0.25, 0.3) is 0 Å². The van der Waals surface area contributed by atoms with Crippen molar-refractivity contribution in [2.24, 2.45) is 0 Å². The van der Waals surface area contributed by atoms with E-state index in [4.69, 9.17) is 0 Å². The van der Waals surface area contributed by atoms with Gasteiger partial charge in [-0.3, -0.25) is 4.79 Å². The molecule has 124 valence electrons. The molecule has 0 spiro atoms. The van der Waals surface area contributed by atoms with Crippen LogP contribution >= 0.6 is 0 Å². The van der Waals surface area contributed by atoms with E-state index < -0.39 is 0 Å². The summed E-state index contributed by atoms with van der Waals surface area (Å²) in [6, 6.07) is 17.0. The van der Waals surface area contributed by atoms with Crippen molar-refractivity contribution in [2.45, 2.75) is 19.4 Å². The minimum Gasteiger partial charge on any atom is -0.369 e. The Kier molecular flexibility index (Phi) is 4.79. The molecule has 24 heavy (non-hydrogen) atoms. The van der Waals surface area contributed by atoms with Gasteiger partial charge in [-0.15, -0.1) is 0 Å². The highest BCUT2D eigenvalue weighted by Crippen LogP contribution is 2.19. The van der Waals surface area contributed by atoms with E-state index in [1.807, 2.05) is 18.2 Å². The molecule has 5 nitrogen and oxygen atoms in total. The third kappa shape index (κ3) is 3.93. The number of hydrogen-bond donors (Lipinski definition) is 2. The molecule has 0 radical (unpaired) electrons. The molecule has 3 rings (SSSR count). The van der Waals surface area contributed by atoms with Gasteiger partial charge in [0.15, 0.2) is 5.78 Å². The molecule has 2 amide bonds. The Morgan fingerprint density at radius 3 is 2.42 bits per heavy atom. The van der Waals surface area contributed by atoms with E-state index in [2.05, 4.69) is 27.7 Å². The van der Waals surface area contributed by atoms with Crippen LogP contribution < -0.4 is 15.5 Å². The van der Waals surface area contributed by atoms with Crippen molar-refractivity contribution in [3.05, 3.63) is 60.2 Å². The number of nitrogens with zero attached hydrogens (tertiary/aromatic N) is 1. The second-order valence-electron chi connectivity index (χ2n) is 6.00. The lowest BCUT2D eigenvalue weighted by Crippen LogP contribution is -2.39. The number of benzene rings is 2. The highest BCUT2D eigenvalue weighted by molar-refractivity contribution is 5.95. The summed E-state index contributed by atoms with van der Waals surface area (Å²) in [5.41, 5.74) is 2.49. The van der Waals surface area contributed by atoms with E-state index in [0.717, 1.165) is 19.5 Å². The highest BCUT2D eigenvalue weighted by atomic mass is 16.2. The first-order chi connectivity index (χ1) is 11.6. The van der Waals surface area contributed by atoms with E-state index in [9.17, 15) is 9.59 Å². The van der Waals surface area contributed by atoms with Crippen molar-refractivity contribution in [2.75, 3.05) is 23.3 Å². The first-order valence-electron chi connectivity index (χ1n) is 8.10. The predicted molar refractivity (Wildman–Crippen MR) is 95.7 cm³/mol. The summed E-state index contributed by atoms with van der Waals surface area (Å²) < 4.78 is 0. The summed E-state index contributed by atoms with van der Waals surface area (Å²) in [7, 11) is 0. The summed E-state index contributed by atoms with van der Waals surface area (Å²) >= 11 is 0. The Hall–Kier alpha value is -2.82. The van der Waals surface area contributed by atoms with Crippen molar-refractivity contribution >= 4 is 23.2 Å². The second-order valence-corrected chi connectivity index (χ2v) is 6.00. The molecule has 0 aromatic heterocycles. The molecule has 1 fully saturated rings. The maximum absolute atomic E-state index is 12.1. The quantitative estimate of drug-likeness (QED) is 0.849. The number of carbonyl (C=O) groups excluding carboxylic acids is 2. The molecule has 1 aliphatic rings. The van der Waals surface area contributed by atoms with E-state index in [0.29, 0.717) is 11.3 Å². The maximum atomic E-state index is 12.1. The van der Waals surface area contributed by atoms with Crippen LogP contribution in [0.2, 0.25) is 0 Å². The SMILES string of the molecule is CC(=O)c1ccc(NC(=O)NC2CCN(c3ccccc3)C2)cc1. The number of carbonyl (C=O) groups is 2. The van der Waals surface area contributed by atoms with Crippen molar-refractivity contribution in [1.29, 1.82) is 0 Å². The van der Waals surface area contributed by atoms with Crippen LogP contribution in [-0.2, 0) is 0 Å². The van der Waals surface area contributed by atoms with Crippen LogP contribution in [0.25, 0.3) is 0 Å². The molecular weight excluding hydrogens is 302 g/mol. The molecule has 0 saturated carbocycles. The summed E-state index contributed by atoms with van der Waals surface area (Å²) in [5, 5.41) is 5.82. The lowest BCUT2D eigenvalue weighted by atomic mass is 10.1. The molecule has 1 saturated heterocycles. The van der Waals surface area contributed by atoms with Crippen LogP contribution in [0.1, 0.15) is 23.7 Å². The molecule has 0 bridgehead atoms. The van der Waals surface area contributed by atoms with Crippen LogP contribution in [0.3, 0.4) is 0 Å². The van der Waals surface area contributed by atoms with Gasteiger partial charge in [0.05, 0.1) is 0 Å². The second kappa shape index (κ2) is 7.17. The average Bonchev–Trinajstić information content (AvgIpc) is 3.04. The van der Waals surface area contributed by atoms with Crippen molar-refractivity contribution in [1.82, 2.24) is 5.32 Å². The number of para-hydroxylation sites is 1. The molecular formula is C19H21N3O2. The molecule has 0 aliphatic carbocycles. The van der Waals surface area contributed by atoms with Gasteiger partial charge in [0, 0.05) is 36.1 Å². The van der Waals surface area contributed by atoms with Gasteiger partial charge in [-0.05, 0) is 49.7 Å². The van der Waals surface area contributed by atoms with Crippen molar-refractivity contribution in [3.8, 4) is 0 Å². The van der Waals surface area contributed by atoms with Gasteiger partial charge in [0.2, 0.25) is 0 Å². The molecule has 1 aliphatic heterocycles. The average molecular weight is 323 g/mol. The van der Waals surface area contributed by atoms with E-state index in [1.54, 1.807) is 24.3 Å². The lowest BCUT2D eigenvalue weighted by molar-refractivity contribution is 0.101. The first kappa shape index (κ1) is 16.1. The summed E-state index contributed by atoms with van der Waals surface area (Å²) in [5.74, 6) is 0.0120. The molecule has 2 aromatic rings. The fourth-order valence-electron chi connectivity index (χ4n) is 2.89. The smallest absolute Gasteiger partial charge is 0.319 e. The topological polar surface area (TPSA) is 61.4 Å². The van der Waals surface area contributed by atoms with Crippen molar-refractivity contribution < 1.29 is 9.59 Å². The zero-order valence-electron chi connectivity index (χ0n) is 13.7. The molecule has 2 aromatic carbocycles. The van der Waals surface area contributed by atoms with Crippen LogP contribution in [0.15, 0.2) is 54.6 Å². The zero-order valence-corrected chi connectivity index (χ0v) is 13.7. The van der Waals surface area contributed by atoms with Gasteiger partial charge in [-0.1, -0.05) is 18.2 Å². The minimum atomic E-state index is -0.217. The number of nitrogens with one attached hydrogen (secondary N) is 2. The summed E-state index contributed by atoms with van der Waals surface area (Å²) in [4.78, 5) is 25.6. The third-order valence-corrected chi connectivity index (χ3v) is 4.19. The standard InChI is InChI=1S/C19H21N3O2/c1-14(23)15-7-9-16(10-8-15)20-19(24)21-17-11-12-22(13-17)18-5-3-2-4-6-18/h2-10,17H,11-13H2,1H3,(H2,20,21,24). The third-order valence-electron chi connectivity index (χ3n) is 4.19. The van der Waals surface area contributed by atoms with Crippen molar-refractivity contribution in [3.63, 3.8) is 0 Å². The van der Waals surface area contributed by atoms with Crippen LogP contribution in [0.4, 0.5) is 16.2 Å². The predicted octanol–water partition coefficient (Wildman–Crippen LogP) is 3.29. The summed E-state index contributed by atoms with van der Waals surface area (Å²) in [6.45, 7) is 3.26. The Balaban J connectivity index is 1.51. The normalized spacial score (nSPS) is 16.7. The van der Waals surface area contributed by atoms with Gasteiger partial charge >= 0.3 is 6.03 Å². The van der Waals surface area contributed by atoms with Gasteiger partial charge in [0.1, 0.15) is 0 Å². The highest BCUT2D eigenvalue weighted by Gasteiger charge is 2.23. The number of urea groups is 1. The Bertz CT molecular complexity index is 713. The van der Waals surface area contributed by atoms with Crippen LogP contribution in [-0.4, -0.2) is 30.9 Å². The van der Waals surface area contributed by atoms with Crippen LogP contribution in [0, 0.1) is 0 Å². The first-order valence-corrected chi connectivity index (χ1v) is 8.10. The molecule has 1 atom stereocenters. The minimum absolute atomic E-state index is 0.0120. The van der Waals surface area contributed by atoms with Gasteiger partial charge < -0.3 is 15.5 Å². The van der Waals surface area contributed by atoms with E-state index >= 15 is 0 Å². The number of hydrogen-bond acceptors (Lipinski definition) is 3. The fraction of sp³-hybridized carbons (Fsp3) is 0.263. The van der Waals surface area contributed by atoms with E-state index in [-0.39, 0.29) is 17.9 Å².